The Balaban J connectivity index is -0.0000000765. The molecule has 0 amide bonds. The maximum absolute atomic E-state index is 7.00. The number of aliphatic hydroxyl groups is 2. The monoisotopic (exact) mass is 500 g/mol. The van der Waals surface area contributed by atoms with Gasteiger partial charge >= 0.3 is 0 Å². The van der Waals surface area contributed by atoms with Gasteiger partial charge in [0.1, 0.15) is 0 Å². The molecule has 0 saturated carbocycles. The van der Waals surface area contributed by atoms with E-state index in [9.17, 15) is 0 Å². The van der Waals surface area contributed by atoms with Crippen molar-refractivity contribution in [2.45, 2.75) is 81.1 Å². The first-order chi connectivity index (χ1) is 17.6. The highest BCUT2D eigenvalue weighted by atomic mass is 16.2. The van der Waals surface area contributed by atoms with Crippen LogP contribution in [0.1, 0.15) is 81.1 Å². The molecule has 2 nitrogen and oxygen atoms in total. The Bertz CT molecular complexity index is 577. The quantitative estimate of drug-likeness (QED) is 0.343. The summed E-state index contributed by atoms with van der Waals surface area (Å²) >= 11 is 0. The first-order valence-corrected chi connectivity index (χ1v) is 13.2. The van der Waals surface area contributed by atoms with Crippen molar-refractivity contribution in [2.75, 3.05) is 14.2 Å². The zero-order valence-corrected chi connectivity index (χ0v) is 25.4. The molecule has 0 aliphatic carbocycles. The van der Waals surface area contributed by atoms with E-state index in [0.29, 0.717) is 0 Å². The van der Waals surface area contributed by atoms with Gasteiger partial charge in [-0.3, -0.25) is 0 Å². The van der Waals surface area contributed by atoms with Gasteiger partial charge in [-0.2, -0.15) is 0 Å². The fraction of sp³-hybridized carbons (Fsp3) is 0.412. The number of hydrogen-bond acceptors (Lipinski definition) is 2. The third kappa shape index (κ3) is 52.9. The molecule has 0 aliphatic heterocycles. The summed E-state index contributed by atoms with van der Waals surface area (Å²) in [6, 6.07) is 28.7. The minimum atomic E-state index is 1.00. The number of aliphatic hydroxyl groups excluding tert-OH is 2. The van der Waals surface area contributed by atoms with E-state index in [-0.39, 0.29) is 0 Å². The average molecular weight is 501 g/mol. The average Bonchev–Trinajstić information content (AvgIpc) is 2.98. The number of hydrogen-bond donors (Lipinski definition) is 2. The summed E-state index contributed by atoms with van der Waals surface area (Å²) in [7, 11) is 2.00. The first kappa shape index (κ1) is 46.6. The van der Waals surface area contributed by atoms with Crippen LogP contribution < -0.4 is 0 Å². The predicted molar refractivity (Wildman–Crippen MR) is 171 cm³/mol. The molecule has 0 radical (unpaired) electrons. The van der Waals surface area contributed by atoms with Gasteiger partial charge in [-0.1, -0.05) is 165 Å². The van der Waals surface area contributed by atoms with E-state index < -0.39 is 0 Å². The molecule has 36 heavy (non-hydrogen) atoms. The molecule has 3 aromatic rings. The van der Waals surface area contributed by atoms with Crippen LogP contribution in [-0.4, -0.2) is 24.4 Å². The summed E-state index contributed by atoms with van der Waals surface area (Å²) in [5, 5.41) is 16.6. The topological polar surface area (TPSA) is 40.5 Å². The standard InChI is InChI=1S/C10H8.C6H6.2C4H8.2C3H8.C2H6.2CH4O/c1-2-6-10-8-4-3-7-9(10)5-1;1-2-4-6-5-3-1;2*1-3-4-2;2*1-3-2;3*1-2/h1-8H;1-6H;2*3H,1,4H2,2H3;2*3H2,1-2H3;1-2H3;2*2H,1H3. The van der Waals surface area contributed by atoms with E-state index in [4.69, 9.17) is 10.2 Å². The van der Waals surface area contributed by atoms with E-state index in [1.807, 2.05) is 62.4 Å². The molecule has 2 N–H and O–H groups in total. The molecule has 0 aromatic heterocycles. The SMILES string of the molecule is C=CCC.C=CCC.CC.CCC.CCC.CO.CO.c1ccc2ccccc2c1.c1ccccc1. The van der Waals surface area contributed by atoms with Gasteiger partial charge in [0.15, 0.2) is 0 Å². The number of rotatable bonds is 2. The largest absolute Gasteiger partial charge is 0.400 e. The molecule has 208 valence electrons. The molecule has 3 rings (SSSR count). The molecule has 0 fully saturated rings. The van der Waals surface area contributed by atoms with Gasteiger partial charge < -0.3 is 10.2 Å². The third-order valence-electron chi connectivity index (χ3n) is 2.90. The van der Waals surface area contributed by atoms with Gasteiger partial charge in [-0.15, -0.1) is 13.2 Å². The molecule has 2 heteroatoms. The Morgan fingerprint density at radius 3 is 0.722 bits per heavy atom. The molecule has 0 aliphatic rings. The lowest BCUT2D eigenvalue weighted by atomic mass is 10.1. The second kappa shape index (κ2) is 58.3. The van der Waals surface area contributed by atoms with Crippen LogP contribution in [0.5, 0.6) is 0 Å². The smallest absolute Gasteiger partial charge is 0.0319 e. The lowest BCUT2D eigenvalue weighted by Crippen LogP contribution is -1.67. The van der Waals surface area contributed by atoms with Gasteiger partial charge in [-0.25, -0.2) is 0 Å². The Hall–Kier alpha value is -2.68. The van der Waals surface area contributed by atoms with Crippen LogP contribution in [0, 0.1) is 0 Å². The van der Waals surface area contributed by atoms with Crippen LogP contribution in [0.3, 0.4) is 0 Å². The summed E-state index contributed by atoms with van der Waals surface area (Å²) in [4.78, 5) is 0. The molecule has 0 saturated heterocycles. The van der Waals surface area contributed by atoms with Crippen LogP contribution >= 0.6 is 0 Å². The maximum Gasteiger partial charge on any atom is 0.0319 e. The van der Waals surface area contributed by atoms with Crippen molar-refractivity contribution in [3.05, 3.63) is 110 Å². The Kier molecular flexibility index (Phi) is 75.5. The second-order valence-electron chi connectivity index (χ2n) is 6.31. The van der Waals surface area contributed by atoms with Gasteiger partial charge in [0.2, 0.25) is 0 Å². The molecule has 3 aromatic carbocycles. The Morgan fingerprint density at radius 2 is 0.611 bits per heavy atom. The highest BCUT2D eigenvalue weighted by Gasteiger charge is 1.85. The van der Waals surface area contributed by atoms with Gasteiger partial charge in [0, 0.05) is 14.2 Å². The number of benzene rings is 3. The Morgan fingerprint density at radius 1 is 0.472 bits per heavy atom. The summed E-state index contributed by atoms with van der Waals surface area (Å²) < 4.78 is 0. The Labute approximate surface area is 226 Å². The summed E-state index contributed by atoms with van der Waals surface area (Å²) in [6.07, 6.45) is 8.42. The maximum atomic E-state index is 7.00. The fourth-order valence-electron chi connectivity index (χ4n) is 1.52. The van der Waals surface area contributed by atoms with Crippen molar-refractivity contribution in [1.29, 1.82) is 0 Å². The van der Waals surface area contributed by atoms with Gasteiger partial charge in [-0.05, 0) is 23.6 Å². The zero-order chi connectivity index (χ0) is 29.3. The van der Waals surface area contributed by atoms with Crippen molar-refractivity contribution in [3.63, 3.8) is 0 Å². The van der Waals surface area contributed by atoms with E-state index >= 15 is 0 Å². The van der Waals surface area contributed by atoms with Crippen molar-refractivity contribution >= 4 is 10.8 Å². The van der Waals surface area contributed by atoms with Crippen molar-refractivity contribution in [1.82, 2.24) is 0 Å². The number of fused-ring (bicyclic) bond motifs is 1. The van der Waals surface area contributed by atoms with Crippen molar-refractivity contribution in [3.8, 4) is 0 Å². The van der Waals surface area contributed by atoms with E-state index in [1.54, 1.807) is 0 Å². The van der Waals surface area contributed by atoms with Crippen molar-refractivity contribution in [2.24, 2.45) is 0 Å². The van der Waals surface area contributed by atoms with Gasteiger partial charge in [0.25, 0.3) is 0 Å². The van der Waals surface area contributed by atoms with E-state index in [1.165, 1.54) is 23.6 Å². The highest BCUT2D eigenvalue weighted by molar-refractivity contribution is 5.81. The lowest BCUT2D eigenvalue weighted by molar-refractivity contribution is 0.399. The number of allylic oxidation sites excluding steroid dienone is 2. The van der Waals surface area contributed by atoms with Crippen LogP contribution in [0.2, 0.25) is 0 Å². The predicted octanol–water partition coefficient (Wildman–Crippen LogP) is 10.8. The van der Waals surface area contributed by atoms with E-state index in [0.717, 1.165) is 27.1 Å². The molecular weight excluding hydrogens is 440 g/mol. The van der Waals surface area contributed by atoms with E-state index in [2.05, 4.69) is 103 Å². The molecular formula is C34H60O2. The molecule has 0 bridgehead atoms. The molecule has 0 atom stereocenters. The van der Waals surface area contributed by atoms with Crippen LogP contribution in [0.15, 0.2) is 110 Å². The van der Waals surface area contributed by atoms with Crippen molar-refractivity contribution < 1.29 is 10.2 Å². The molecule has 0 unspecified atom stereocenters. The van der Waals surface area contributed by atoms with Gasteiger partial charge in [0.05, 0.1) is 0 Å². The first-order valence-electron chi connectivity index (χ1n) is 13.2. The second-order valence-corrected chi connectivity index (χ2v) is 6.31. The minimum absolute atomic E-state index is 1.00. The summed E-state index contributed by atoms with van der Waals surface area (Å²) in [5.41, 5.74) is 0. The molecule has 0 spiro atoms. The minimum Gasteiger partial charge on any atom is -0.400 e. The van der Waals surface area contributed by atoms with Crippen LogP contribution in [-0.2, 0) is 0 Å². The molecule has 0 heterocycles. The normalized spacial score (nSPS) is 7.00. The van der Waals surface area contributed by atoms with Crippen LogP contribution in [0.25, 0.3) is 10.8 Å². The highest BCUT2D eigenvalue weighted by Crippen LogP contribution is 2.11. The summed E-state index contributed by atoms with van der Waals surface area (Å²) in [6.45, 7) is 23.6. The fourth-order valence-corrected chi connectivity index (χ4v) is 1.52. The lowest BCUT2D eigenvalue weighted by Gasteiger charge is -1.92. The zero-order valence-electron chi connectivity index (χ0n) is 25.4. The summed E-state index contributed by atoms with van der Waals surface area (Å²) in [5.74, 6) is 0. The third-order valence-corrected chi connectivity index (χ3v) is 2.90. The van der Waals surface area contributed by atoms with Crippen LogP contribution in [0.4, 0.5) is 0 Å².